The van der Waals surface area contributed by atoms with E-state index in [0.717, 1.165) is 31.5 Å². The van der Waals surface area contributed by atoms with Gasteiger partial charge >= 0.3 is 0 Å². The van der Waals surface area contributed by atoms with Gasteiger partial charge in [0, 0.05) is 17.5 Å². The summed E-state index contributed by atoms with van der Waals surface area (Å²) < 4.78 is 5.57. The molecule has 2 nitrogen and oxygen atoms in total. The summed E-state index contributed by atoms with van der Waals surface area (Å²) in [6.07, 6.45) is 5.37. The monoisotopic (exact) mass is 231 g/mol. The molecule has 2 aromatic rings. The molecule has 0 aliphatic rings. The highest BCUT2D eigenvalue weighted by atomic mass is 16.3. The van der Waals surface area contributed by atoms with Gasteiger partial charge < -0.3 is 9.73 Å². The Bertz CT molecular complexity index is 473. The van der Waals surface area contributed by atoms with Crippen LogP contribution in [-0.4, -0.2) is 6.54 Å². The molecule has 2 heteroatoms. The van der Waals surface area contributed by atoms with E-state index < -0.39 is 0 Å². The van der Waals surface area contributed by atoms with Crippen molar-refractivity contribution < 1.29 is 4.42 Å². The number of hydrogen-bond acceptors (Lipinski definition) is 2. The van der Waals surface area contributed by atoms with Crippen LogP contribution < -0.4 is 5.32 Å². The van der Waals surface area contributed by atoms with Crippen molar-refractivity contribution in [3.05, 3.63) is 35.6 Å². The molecule has 0 unspecified atom stereocenters. The van der Waals surface area contributed by atoms with Gasteiger partial charge in [-0.15, -0.1) is 0 Å². The van der Waals surface area contributed by atoms with E-state index in [2.05, 4.69) is 37.4 Å². The van der Waals surface area contributed by atoms with Crippen molar-refractivity contribution in [1.82, 2.24) is 5.32 Å². The van der Waals surface area contributed by atoms with Gasteiger partial charge in [-0.2, -0.15) is 0 Å². The highest BCUT2D eigenvalue weighted by molar-refractivity contribution is 5.81. The number of nitrogens with one attached hydrogen (secondary N) is 1. The summed E-state index contributed by atoms with van der Waals surface area (Å²) in [5.74, 6) is 0. The summed E-state index contributed by atoms with van der Waals surface area (Å²) >= 11 is 0. The minimum atomic E-state index is 0.899. The lowest BCUT2D eigenvalue weighted by Crippen LogP contribution is -2.13. The number of fused-ring (bicyclic) bond motifs is 1. The zero-order valence-corrected chi connectivity index (χ0v) is 10.8. The van der Waals surface area contributed by atoms with Crippen LogP contribution in [0.15, 0.2) is 28.9 Å². The fraction of sp³-hybridized carbons (Fsp3) is 0.467. The largest absolute Gasteiger partial charge is 0.464 e. The van der Waals surface area contributed by atoms with Crippen LogP contribution in [0.4, 0.5) is 0 Å². The lowest BCUT2D eigenvalue weighted by molar-refractivity contribution is 0.601. The van der Waals surface area contributed by atoms with Crippen LogP contribution in [0.5, 0.6) is 0 Å². The van der Waals surface area contributed by atoms with E-state index in [1.54, 1.807) is 0 Å². The van der Waals surface area contributed by atoms with Gasteiger partial charge in [0.2, 0.25) is 0 Å². The van der Waals surface area contributed by atoms with Gasteiger partial charge in [0.15, 0.2) is 0 Å². The van der Waals surface area contributed by atoms with E-state index in [0.29, 0.717) is 0 Å². The Balaban J connectivity index is 2.20. The Morgan fingerprint density at radius 3 is 2.82 bits per heavy atom. The third kappa shape index (κ3) is 2.89. The second-order valence-corrected chi connectivity index (χ2v) is 4.52. The number of benzene rings is 1. The topological polar surface area (TPSA) is 25.2 Å². The molecule has 0 spiro atoms. The first-order valence-corrected chi connectivity index (χ1v) is 6.54. The normalized spacial score (nSPS) is 11.2. The maximum absolute atomic E-state index is 5.57. The molecule has 0 atom stereocenters. The van der Waals surface area contributed by atoms with Gasteiger partial charge in [-0.3, -0.25) is 0 Å². The van der Waals surface area contributed by atoms with Crippen LogP contribution in [0.25, 0.3) is 11.0 Å². The quantitative estimate of drug-likeness (QED) is 0.763. The molecule has 0 fully saturated rings. The fourth-order valence-corrected chi connectivity index (χ4v) is 2.11. The molecule has 1 heterocycles. The Labute approximate surface area is 103 Å². The van der Waals surface area contributed by atoms with Crippen LogP contribution in [0.2, 0.25) is 0 Å². The zero-order chi connectivity index (χ0) is 12.1. The first-order chi connectivity index (χ1) is 8.35. The maximum atomic E-state index is 5.57. The van der Waals surface area contributed by atoms with E-state index in [1.165, 1.54) is 22.9 Å². The molecule has 2 rings (SSSR count). The summed E-state index contributed by atoms with van der Waals surface area (Å²) in [5.41, 5.74) is 3.67. The van der Waals surface area contributed by atoms with Crippen molar-refractivity contribution >= 4 is 11.0 Å². The number of aryl methyl sites for hydroxylation is 1. The lowest BCUT2D eigenvalue weighted by atomic mass is 10.1. The summed E-state index contributed by atoms with van der Waals surface area (Å²) in [4.78, 5) is 0. The minimum absolute atomic E-state index is 0.899. The van der Waals surface area contributed by atoms with Crippen LogP contribution in [0, 0.1) is 0 Å². The maximum Gasteiger partial charge on any atom is 0.134 e. The Hall–Kier alpha value is -1.28. The number of hydrogen-bond donors (Lipinski definition) is 1. The molecule has 1 aromatic carbocycles. The highest BCUT2D eigenvalue weighted by Crippen LogP contribution is 2.23. The molecule has 92 valence electrons. The Kier molecular flexibility index (Phi) is 4.21. The van der Waals surface area contributed by atoms with Crippen LogP contribution in [-0.2, 0) is 13.0 Å². The summed E-state index contributed by atoms with van der Waals surface area (Å²) in [6, 6.07) is 6.52. The van der Waals surface area contributed by atoms with Crippen LogP contribution in [0.1, 0.15) is 37.8 Å². The summed E-state index contributed by atoms with van der Waals surface area (Å²) in [7, 11) is 0. The van der Waals surface area contributed by atoms with Gasteiger partial charge in [-0.1, -0.05) is 26.3 Å². The van der Waals surface area contributed by atoms with E-state index in [1.807, 2.05) is 6.26 Å². The zero-order valence-electron chi connectivity index (χ0n) is 10.8. The third-order valence-electron chi connectivity index (χ3n) is 3.00. The molecular formula is C15H21NO. The molecule has 0 radical (unpaired) electrons. The van der Waals surface area contributed by atoms with Crippen molar-refractivity contribution in [2.45, 2.75) is 39.7 Å². The SMILES string of the molecule is CCCNCc1coc2ccc(CCC)cc12. The van der Waals surface area contributed by atoms with Gasteiger partial charge in [0.25, 0.3) is 0 Å². The lowest BCUT2D eigenvalue weighted by Gasteiger charge is -2.02. The van der Waals surface area contributed by atoms with E-state index in [-0.39, 0.29) is 0 Å². The first kappa shape index (κ1) is 12.2. The van der Waals surface area contributed by atoms with Crippen molar-refractivity contribution in [3.63, 3.8) is 0 Å². The standard InChI is InChI=1S/C15H21NO/c1-3-5-12-6-7-15-14(9-12)13(11-17-15)10-16-8-4-2/h6-7,9,11,16H,3-5,8,10H2,1-2H3. The Morgan fingerprint density at radius 1 is 1.18 bits per heavy atom. The van der Waals surface area contributed by atoms with E-state index in [9.17, 15) is 0 Å². The number of furan rings is 1. The van der Waals surface area contributed by atoms with E-state index >= 15 is 0 Å². The Morgan fingerprint density at radius 2 is 2.06 bits per heavy atom. The first-order valence-electron chi connectivity index (χ1n) is 6.54. The van der Waals surface area contributed by atoms with E-state index in [4.69, 9.17) is 4.42 Å². The second-order valence-electron chi connectivity index (χ2n) is 4.52. The predicted octanol–water partition coefficient (Wildman–Crippen LogP) is 3.88. The third-order valence-corrected chi connectivity index (χ3v) is 3.00. The van der Waals surface area contributed by atoms with Crippen molar-refractivity contribution in [1.29, 1.82) is 0 Å². The second kappa shape index (κ2) is 5.87. The van der Waals surface area contributed by atoms with Crippen molar-refractivity contribution in [2.75, 3.05) is 6.54 Å². The molecule has 0 amide bonds. The average Bonchev–Trinajstić information content (AvgIpc) is 2.73. The molecule has 0 aliphatic heterocycles. The number of rotatable bonds is 6. The molecular weight excluding hydrogens is 210 g/mol. The van der Waals surface area contributed by atoms with Crippen LogP contribution >= 0.6 is 0 Å². The van der Waals surface area contributed by atoms with Crippen molar-refractivity contribution in [3.8, 4) is 0 Å². The molecule has 1 aromatic heterocycles. The van der Waals surface area contributed by atoms with Gasteiger partial charge in [-0.25, -0.2) is 0 Å². The minimum Gasteiger partial charge on any atom is -0.464 e. The predicted molar refractivity (Wildman–Crippen MR) is 72.2 cm³/mol. The van der Waals surface area contributed by atoms with Crippen molar-refractivity contribution in [2.24, 2.45) is 0 Å². The fourth-order valence-electron chi connectivity index (χ4n) is 2.11. The summed E-state index contributed by atoms with van der Waals surface area (Å²) in [6.45, 7) is 6.35. The van der Waals surface area contributed by atoms with Crippen LogP contribution in [0.3, 0.4) is 0 Å². The van der Waals surface area contributed by atoms with Gasteiger partial charge in [0.05, 0.1) is 6.26 Å². The molecule has 0 saturated heterocycles. The smallest absolute Gasteiger partial charge is 0.134 e. The summed E-state index contributed by atoms with van der Waals surface area (Å²) in [5, 5.41) is 4.68. The average molecular weight is 231 g/mol. The van der Waals surface area contributed by atoms with Gasteiger partial charge in [0.1, 0.15) is 5.58 Å². The molecule has 1 N–H and O–H groups in total. The molecule has 0 aliphatic carbocycles. The molecule has 0 saturated carbocycles. The van der Waals surface area contributed by atoms with Gasteiger partial charge in [-0.05, 0) is 37.1 Å². The highest BCUT2D eigenvalue weighted by Gasteiger charge is 2.06. The molecule has 0 bridgehead atoms. The molecule has 17 heavy (non-hydrogen) atoms.